The highest BCUT2D eigenvalue weighted by Gasteiger charge is 2.29. The van der Waals surface area contributed by atoms with Crippen LogP contribution >= 0.6 is 0 Å². The molecule has 0 aliphatic carbocycles. The predicted octanol–water partition coefficient (Wildman–Crippen LogP) is 1.61. The molecule has 1 aromatic carbocycles. The average Bonchev–Trinajstić information content (AvgIpc) is 3.08. The molecule has 1 aliphatic rings. The molecule has 27 heavy (non-hydrogen) atoms. The largest absolute Gasteiger partial charge is 0.351 e. The van der Waals surface area contributed by atoms with Gasteiger partial charge < -0.3 is 5.32 Å². The third kappa shape index (κ3) is 5.75. The van der Waals surface area contributed by atoms with E-state index in [2.05, 4.69) is 30.0 Å². The molecule has 2 atom stereocenters. The second-order valence-corrected chi connectivity index (χ2v) is 9.29. The number of hydrogen-bond acceptors (Lipinski definition) is 5. The minimum atomic E-state index is -3.45. The smallest absolute Gasteiger partial charge is 0.243 e. The molecule has 0 aromatic heterocycles. The van der Waals surface area contributed by atoms with E-state index in [4.69, 9.17) is 0 Å². The molecule has 7 nitrogen and oxygen atoms in total. The lowest BCUT2D eigenvalue weighted by Crippen LogP contribution is -2.43. The lowest BCUT2D eigenvalue weighted by atomic mass is 10.00. The lowest BCUT2D eigenvalue weighted by Gasteiger charge is -2.18. The minimum Gasteiger partial charge on any atom is -0.351 e. The fourth-order valence-electron chi connectivity index (χ4n) is 3.32. The molecule has 1 fully saturated rings. The molecular formula is C19H32N4O3S. The van der Waals surface area contributed by atoms with E-state index in [-0.39, 0.29) is 16.8 Å². The van der Waals surface area contributed by atoms with Crippen LogP contribution < -0.4 is 16.2 Å². The van der Waals surface area contributed by atoms with Gasteiger partial charge in [0.15, 0.2) is 0 Å². The minimum absolute atomic E-state index is 0.0476. The zero-order chi connectivity index (χ0) is 20.0. The predicted molar refractivity (Wildman–Crippen MR) is 106 cm³/mol. The Kier molecular flexibility index (Phi) is 7.79. The molecule has 2 unspecified atom stereocenters. The Bertz CT molecular complexity index is 715. The monoisotopic (exact) mass is 396 g/mol. The van der Waals surface area contributed by atoms with Crippen LogP contribution in [-0.2, 0) is 21.4 Å². The third-order valence-corrected chi connectivity index (χ3v) is 6.85. The standard InChI is InChI=1S/C19H32N4O3S/c1-5-23(6-2)27(25,26)17-9-7-15(8-10-17)13-20-19(24)18-12-16(21-22-18)11-14(3)4/h7-10,14,16,18,21-22H,5-6,11-13H2,1-4H3,(H,20,24). The molecule has 0 spiro atoms. The van der Waals surface area contributed by atoms with Crippen molar-refractivity contribution in [2.75, 3.05) is 13.1 Å². The summed E-state index contributed by atoms with van der Waals surface area (Å²) in [5.74, 6) is 0.533. The van der Waals surface area contributed by atoms with Crippen molar-refractivity contribution in [3.63, 3.8) is 0 Å². The Labute approximate surface area is 162 Å². The summed E-state index contributed by atoms with van der Waals surface area (Å²) in [6.45, 7) is 9.23. The fourth-order valence-corrected chi connectivity index (χ4v) is 4.78. The van der Waals surface area contributed by atoms with Gasteiger partial charge in [-0.25, -0.2) is 13.8 Å². The van der Waals surface area contributed by atoms with Crippen LogP contribution in [0.15, 0.2) is 29.2 Å². The first-order chi connectivity index (χ1) is 12.8. The molecule has 1 saturated heterocycles. The highest BCUT2D eigenvalue weighted by molar-refractivity contribution is 7.89. The SMILES string of the molecule is CCN(CC)S(=O)(=O)c1ccc(CNC(=O)C2CC(CC(C)C)NN2)cc1. The van der Waals surface area contributed by atoms with Crippen LogP contribution in [0.25, 0.3) is 0 Å². The van der Waals surface area contributed by atoms with Crippen LogP contribution in [-0.4, -0.2) is 43.8 Å². The number of rotatable bonds is 9. The maximum Gasteiger partial charge on any atom is 0.243 e. The van der Waals surface area contributed by atoms with E-state index in [1.807, 2.05) is 13.8 Å². The van der Waals surface area contributed by atoms with Crippen LogP contribution in [0, 0.1) is 5.92 Å². The molecule has 1 aliphatic heterocycles. The Hall–Kier alpha value is -1.48. The molecule has 1 amide bonds. The van der Waals surface area contributed by atoms with Gasteiger partial charge >= 0.3 is 0 Å². The van der Waals surface area contributed by atoms with Crippen molar-refractivity contribution >= 4 is 15.9 Å². The lowest BCUT2D eigenvalue weighted by molar-refractivity contribution is -0.123. The summed E-state index contributed by atoms with van der Waals surface area (Å²) in [6.07, 6.45) is 1.80. The van der Waals surface area contributed by atoms with E-state index in [0.717, 1.165) is 18.4 Å². The molecular weight excluding hydrogens is 364 g/mol. The van der Waals surface area contributed by atoms with Gasteiger partial charge in [-0.2, -0.15) is 4.31 Å². The Morgan fingerprint density at radius 2 is 1.81 bits per heavy atom. The van der Waals surface area contributed by atoms with Gasteiger partial charge in [0.2, 0.25) is 15.9 Å². The van der Waals surface area contributed by atoms with Crippen molar-refractivity contribution in [1.29, 1.82) is 0 Å². The van der Waals surface area contributed by atoms with Crippen LogP contribution in [0.4, 0.5) is 0 Å². The van der Waals surface area contributed by atoms with Gasteiger partial charge in [0.1, 0.15) is 6.04 Å². The first-order valence-electron chi connectivity index (χ1n) is 9.65. The number of amides is 1. The van der Waals surface area contributed by atoms with E-state index in [9.17, 15) is 13.2 Å². The van der Waals surface area contributed by atoms with E-state index >= 15 is 0 Å². The van der Waals surface area contributed by atoms with Gasteiger partial charge in [0, 0.05) is 25.7 Å². The number of carbonyl (C=O) groups is 1. The number of hydrogen-bond donors (Lipinski definition) is 3. The molecule has 0 bridgehead atoms. The zero-order valence-electron chi connectivity index (χ0n) is 16.7. The summed E-state index contributed by atoms with van der Waals surface area (Å²) in [7, 11) is -3.45. The fraction of sp³-hybridized carbons (Fsp3) is 0.632. The quantitative estimate of drug-likeness (QED) is 0.590. The Morgan fingerprint density at radius 1 is 1.19 bits per heavy atom. The summed E-state index contributed by atoms with van der Waals surface area (Å²) in [5, 5.41) is 2.92. The maximum absolute atomic E-state index is 12.5. The summed E-state index contributed by atoms with van der Waals surface area (Å²) in [4.78, 5) is 12.6. The van der Waals surface area contributed by atoms with E-state index in [1.165, 1.54) is 4.31 Å². The number of benzene rings is 1. The first-order valence-corrected chi connectivity index (χ1v) is 11.1. The van der Waals surface area contributed by atoms with Crippen LogP contribution in [0.2, 0.25) is 0 Å². The molecule has 0 saturated carbocycles. The van der Waals surface area contributed by atoms with Gasteiger partial charge in [-0.05, 0) is 36.5 Å². The van der Waals surface area contributed by atoms with Crippen LogP contribution in [0.3, 0.4) is 0 Å². The third-order valence-electron chi connectivity index (χ3n) is 4.79. The van der Waals surface area contributed by atoms with E-state index in [1.54, 1.807) is 24.3 Å². The van der Waals surface area contributed by atoms with Gasteiger partial charge in [-0.3, -0.25) is 10.2 Å². The molecule has 8 heteroatoms. The first kappa shape index (κ1) is 21.8. The van der Waals surface area contributed by atoms with E-state index in [0.29, 0.717) is 31.6 Å². The molecule has 2 rings (SSSR count). The number of nitrogens with one attached hydrogen (secondary N) is 3. The van der Waals surface area contributed by atoms with Crippen molar-refractivity contribution in [3.05, 3.63) is 29.8 Å². The van der Waals surface area contributed by atoms with E-state index < -0.39 is 10.0 Å². The topological polar surface area (TPSA) is 90.5 Å². The Morgan fingerprint density at radius 3 is 2.37 bits per heavy atom. The molecule has 1 heterocycles. The van der Waals surface area contributed by atoms with Gasteiger partial charge in [0.25, 0.3) is 0 Å². The van der Waals surface area contributed by atoms with Crippen molar-refractivity contribution in [1.82, 2.24) is 20.5 Å². The summed E-state index contributed by atoms with van der Waals surface area (Å²) < 4.78 is 26.4. The number of nitrogens with zero attached hydrogens (tertiary/aromatic N) is 1. The number of sulfonamides is 1. The molecule has 3 N–H and O–H groups in total. The van der Waals surface area contributed by atoms with Gasteiger partial charge in [-0.1, -0.05) is 39.8 Å². The van der Waals surface area contributed by atoms with Crippen LogP contribution in [0.5, 0.6) is 0 Å². The summed E-state index contributed by atoms with van der Waals surface area (Å²) >= 11 is 0. The average molecular weight is 397 g/mol. The number of hydrazine groups is 1. The Balaban J connectivity index is 1.89. The van der Waals surface area contributed by atoms with Crippen molar-refractivity contribution < 1.29 is 13.2 Å². The van der Waals surface area contributed by atoms with Crippen LogP contribution in [0.1, 0.15) is 46.1 Å². The summed E-state index contributed by atoms with van der Waals surface area (Å²) in [5.41, 5.74) is 7.10. The molecule has 0 radical (unpaired) electrons. The zero-order valence-corrected chi connectivity index (χ0v) is 17.5. The maximum atomic E-state index is 12.5. The number of carbonyl (C=O) groups excluding carboxylic acids is 1. The molecule has 152 valence electrons. The van der Waals surface area contributed by atoms with Gasteiger partial charge in [-0.15, -0.1) is 0 Å². The van der Waals surface area contributed by atoms with Crippen molar-refractivity contribution in [2.45, 2.75) is 64.1 Å². The molecule has 1 aromatic rings. The van der Waals surface area contributed by atoms with Crippen molar-refractivity contribution in [2.24, 2.45) is 5.92 Å². The van der Waals surface area contributed by atoms with Crippen molar-refractivity contribution in [3.8, 4) is 0 Å². The van der Waals surface area contributed by atoms with Gasteiger partial charge in [0.05, 0.1) is 4.90 Å². The summed E-state index contributed by atoms with van der Waals surface area (Å²) in [6, 6.07) is 6.77. The highest BCUT2D eigenvalue weighted by Crippen LogP contribution is 2.17. The second-order valence-electron chi connectivity index (χ2n) is 7.35. The highest BCUT2D eigenvalue weighted by atomic mass is 32.2. The second kappa shape index (κ2) is 9.64. The normalized spacial score (nSPS) is 20.4.